The van der Waals surface area contributed by atoms with Crippen LogP contribution in [0.4, 0.5) is 0 Å². The number of nitrogens with zero attached hydrogens (tertiary/aromatic N) is 1. The van der Waals surface area contributed by atoms with Gasteiger partial charge >= 0.3 is 0 Å². The molecule has 0 bridgehead atoms. The van der Waals surface area contributed by atoms with Gasteiger partial charge in [0, 0.05) is 18.0 Å². The van der Waals surface area contributed by atoms with E-state index in [1.165, 1.54) is 5.56 Å². The molecule has 1 aromatic heterocycles. The Labute approximate surface area is 88.8 Å². The molecule has 0 atom stereocenters. The van der Waals surface area contributed by atoms with Gasteiger partial charge in [0.15, 0.2) is 0 Å². The van der Waals surface area contributed by atoms with Crippen molar-refractivity contribution in [2.24, 2.45) is 0 Å². The molecule has 2 rings (SSSR count). The lowest BCUT2D eigenvalue weighted by Gasteiger charge is -2.05. The van der Waals surface area contributed by atoms with Gasteiger partial charge in [0.05, 0.1) is 0 Å². The molecule has 0 amide bonds. The summed E-state index contributed by atoms with van der Waals surface area (Å²) < 4.78 is 1.62. The highest BCUT2D eigenvalue weighted by atomic mass is 16.1. The molecule has 0 fully saturated rings. The van der Waals surface area contributed by atoms with E-state index >= 15 is 0 Å². The molecule has 1 heterocycles. The van der Waals surface area contributed by atoms with Gasteiger partial charge in [0.2, 0.25) is 0 Å². The van der Waals surface area contributed by atoms with Crippen LogP contribution in [0.2, 0.25) is 0 Å². The minimum absolute atomic E-state index is 0.0140. The molecule has 0 aliphatic rings. The summed E-state index contributed by atoms with van der Waals surface area (Å²) in [6.07, 6.45) is 2.53. The van der Waals surface area contributed by atoms with Gasteiger partial charge in [0.1, 0.15) is 0 Å². The van der Waals surface area contributed by atoms with Gasteiger partial charge in [0.25, 0.3) is 5.56 Å². The van der Waals surface area contributed by atoms with E-state index in [9.17, 15) is 4.79 Å². The molecular formula is C13H12NO. The molecule has 75 valence electrons. The van der Waals surface area contributed by atoms with Crippen molar-refractivity contribution in [3.63, 3.8) is 0 Å². The third-order valence-electron chi connectivity index (χ3n) is 2.33. The van der Waals surface area contributed by atoms with Gasteiger partial charge in [-0.1, -0.05) is 18.2 Å². The first-order valence-corrected chi connectivity index (χ1v) is 4.87. The lowest BCUT2D eigenvalue weighted by Crippen LogP contribution is -2.15. The third-order valence-corrected chi connectivity index (χ3v) is 2.33. The summed E-state index contributed by atoms with van der Waals surface area (Å²) in [6.45, 7) is 3.81. The second kappa shape index (κ2) is 4.13. The van der Waals surface area contributed by atoms with Crippen LogP contribution < -0.4 is 5.56 Å². The van der Waals surface area contributed by atoms with Crippen LogP contribution in [0.1, 0.15) is 5.56 Å². The smallest absolute Gasteiger partial charge is 0.255 e. The maximum atomic E-state index is 11.5. The summed E-state index contributed by atoms with van der Waals surface area (Å²) in [7, 11) is 0. The zero-order chi connectivity index (χ0) is 10.7. The zero-order valence-electron chi connectivity index (χ0n) is 8.39. The highest BCUT2D eigenvalue weighted by Crippen LogP contribution is 2.07. The Balaban J connectivity index is 2.46. The Kier molecular flexibility index (Phi) is 2.68. The van der Waals surface area contributed by atoms with Crippen molar-refractivity contribution in [3.05, 3.63) is 71.5 Å². The van der Waals surface area contributed by atoms with E-state index in [2.05, 4.69) is 6.92 Å². The zero-order valence-corrected chi connectivity index (χ0v) is 8.39. The van der Waals surface area contributed by atoms with Crippen LogP contribution >= 0.6 is 0 Å². The predicted molar refractivity (Wildman–Crippen MR) is 61.1 cm³/mol. The normalized spacial score (nSPS) is 10.2. The number of pyridine rings is 1. The number of aromatic nitrogens is 1. The van der Waals surface area contributed by atoms with Crippen LogP contribution in [0.3, 0.4) is 0 Å². The molecule has 0 aliphatic heterocycles. The summed E-state index contributed by atoms with van der Waals surface area (Å²) in [5.41, 5.74) is 2.04. The fourth-order valence-corrected chi connectivity index (χ4v) is 1.46. The maximum Gasteiger partial charge on any atom is 0.255 e. The van der Waals surface area contributed by atoms with Gasteiger partial charge in [-0.15, -0.1) is 0 Å². The summed E-state index contributed by atoms with van der Waals surface area (Å²) >= 11 is 0. The molecule has 0 N–H and O–H groups in total. The van der Waals surface area contributed by atoms with E-state index < -0.39 is 0 Å². The summed E-state index contributed by atoms with van der Waals surface area (Å²) in [5, 5.41) is 0. The van der Waals surface area contributed by atoms with Gasteiger partial charge in [-0.05, 0) is 37.1 Å². The Morgan fingerprint density at radius 1 is 1.07 bits per heavy atom. The second-order valence-electron chi connectivity index (χ2n) is 3.33. The van der Waals surface area contributed by atoms with Crippen molar-refractivity contribution < 1.29 is 0 Å². The van der Waals surface area contributed by atoms with Crippen molar-refractivity contribution in [2.45, 2.75) is 6.42 Å². The van der Waals surface area contributed by atoms with Crippen LogP contribution in [-0.2, 0) is 6.42 Å². The van der Waals surface area contributed by atoms with Crippen LogP contribution in [0.15, 0.2) is 53.5 Å². The van der Waals surface area contributed by atoms with Crippen molar-refractivity contribution in [1.29, 1.82) is 0 Å². The average molecular weight is 198 g/mol. The number of hydrogen-bond acceptors (Lipinski definition) is 1. The van der Waals surface area contributed by atoms with E-state index in [1.807, 2.05) is 30.3 Å². The highest BCUT2D eigenvalue weighted by molar-refractivity contribution is 5.35. The van der Waals surface area contributed by atoms with Gasteiger partial charge in [-0.3, -0.25) is 9.36 Å². The molecule has 1 radical (unpaired) electrons. The second-order valence-corrected chi connectivity index (χ2v) is 3.33. The van der Waals surface area contributed by atoms with Gasteiger partial charge in [-0.2, -0.15) is 0 Å². The van der Waals surface area contributed by atoms with E-state index in [1.54, 1.807) is 22.9 Å². The number of rotatable bonds is 2. The van der Waals surface area contributed by atoms with Crippen LogP contribution in [0.25, 0.3) is 5.69 Å². The SMILES string of the molecule is [CH2]Cc1ccc(-n2ccccc2=O)cc1. The van der Waals surface area contributed by atoms with Crippen molar-refractivity contribution in [2.75, 3.05) is 0 Å². The minimum Gasteiger partial charge on any atom is -0.284 e. The molecule has 0 saturated heterocycles. The molecule has 0 saturated carbocycles. The molecule has 0 spiro atoms. The Hall–Kier alpha value is -1.83. The van der Waals surface area contributed by atoms with Crippen LogP contribution in [-0.4, -0.2) is 4.57 Å². The molecule has 2 nitrogen and oxygen atoms in total. The standard InChI is InChI=1S/C13H12NO/c1-2-11-6-8-12(9-7-11)14-10-4-3-5-13(14)15/h3-10H,1-2H2. The number of benzene rings is 1. The average Bonchev–Trinajstić information content (AvgIpc) is 2.30. The van der Waals surface area contributed by atoms with Crippen LogP contribution in [0, 0.1) is 6.92 Å². The molecule has 0 aliphatic carbocycles. The van der Waals surface area contributed by atoms with Gasteiger partial charge < -0.3 is 0 Å². The first-order chi connectivity index (χ1) is 7.31. The molecule has 2 aromatic rings. The lowest BCUT2D eigenvalue weighted by atomic mass is 10.1. The first-order valence-electron chi connectivity index (χ1n) is 4.87. The topological polar surface area (TPSA) is 22.0 Å². The van der Waals surface area contributed by atoms with Crippen LogP contribution in [0.5, 0.6) is 0 Å². The van der Waals surface area contributed by atoms with Crippen molar-refractivity contribution >= 4 is 0 Å². The summed E-state index contributed by atoms with van der Waals surface area (Å²) in [4.78, 5) is 11.5. The van der Waals surface area contributed by atoms with Gasteiger partial charge in [-0.25, -0.2) is 0 Å². The fraction of sp³-hybridized carbons (Fsp3) is 0.0769. The summed E-state index contributed by atoms with van der Waals surface area (Å²) in [6, 6.07) is 13.0. The monoisotopic (exact) mass is 198 g/mol. The minimum atomic E-state index is -0.0140. The maximum absolute atomic E-state index is 11.5. The molecular weight excluding hydrogens is 186 g/mol. The largest absolute Gasteiger partial charge is 0.284 e. The molecule has 2 heteroatoms. The molecule has 0 unspecified atom stereocenters. The number of hydrogen-bond donors (Lipinski definition) is 0. The molecule has 1 aromatic carbocycles. The quantitative estimate of drug-likeness (QED) is 0.725. The summed E-state index contributed by atoms with van der Waals surface area (Å²) in [5.74, 6) is 0. The highest BCUT2D eigenvalue weighted by Gasteiger charge is 1.97. The van der Waals surface area contributed by atoms with E-state index in [4.69, 9.17) is 0 Å². The molecule has 15 heavy (non-hydrogen) atoms. The van der Waals surface area contributed by atoms with E-state index in [0.29, 0.717) is 0 Å². The van der Waals surface area contributed by atoms with Crippen molar-refractivity contribution in [3.8, 4) is 5.69 Å². The Bertz CT molecular complexity index is 496. The fourth-order valence-electron chi connectivity index (χ4n) is 1.46. The van der Waals surface area contributed by atoms with E-state index in [-0.39, 0.29) is 5.56 Å². The first kappa shape index (κ1) is 9.71. The lowest BCUT2D eigenvalue weighted by molar-refractivity contribution is 0.988. The van der Waals surface area contributed by atoms with Crippen molar-refractivity contribution in [1.82, 2.24) is 4.57 Å². The Morgan fingerprint density at radius 2 is 1.80 bits per heavy atom. The predicted octanol–water partition coefficient (Wildman–Crippen LogP) is 2.21. The Morgan fingerprint density at radius 3 is 2.40 bits per heavy atom. The third kappa shape index (κ3) is 1.99. The van der Waals surface area contributed by atoms with E-state index in [0.717, 1.165) is 12.1 Å².